The van der Waals surface area contributed by atoms with Crippen LogP contribution in [0.25, 0.3) is 0 Å². The highest BCUT2D eigenvalue weighted by molar-refractivity contribution is 6.31. The molecule has 0 spiro atoms. The lowest BCUT2D eigenvalue weighted by Gasteiger charge is -2.24. The van der Waals surface area contributed by atoms with Crippen molar-refractivity contribution in [2.24, 2.45) is 0 Å². The Bertz CT molecular complexity index is 764. The van der Waals surface area contributed by atoms with Gasteiger partial charge < -0.3 is 19.9 Å². The minimum atomic E-state index is -0.439. The molecule has 27 heavy (non-hydrogen) atoms. The van der Waals surface area contributed by atoms with Gasteiger partial charge in [0.05, 0.1) is 18.2 Å². The summed E-state index contributed by atoms with van der Waals surface area (Å²) in [7, 11) is 0. The molecule has 0 aliphatic heterocycles. The predicted octanol–water partition coefficient (Wildman–Crippen LogP) is 4.97. The van der Waals surface area contributed by atoms with Crippen molar-refractivity contribution in [1.82, 2.24) is 5.32 Å². The highest BCUT2D eigenvalue weighted by Gasteiger charge is 2.18. The van der Waals surface area contributed by atoms with Gasteiger partial charge in [0, 0.05) is 28.7 Å². The second-order valence-electron chi connectivity index (χ2n) is 6.71. The SMILES string of the molecule is CCOc1cc(CNC(C)(C)CO)c(Cl)cc1OCc1c(F)cccc1Cl. The van der Waals surface area contributed by atoms with Gasteiger partial charge in [0.2, 0.25) is 0 Å². The highest BCUT2D eigenvalue weighted by Crippen LogP contribution is 2.35. The van der Waals surface area contributed by atoms with E-state index in [4.69, 9.17) is 32.7 Å². The van der Waals surface area contributed by atoms with Gasteiger partial charge in [0.25, 0.3) is 0 Å². The molecule has 7 heteroatoms. The third kappa shape index (κ3) is 5.98. The normalized spacial score (nSPS) is 11.5. The van der Waals surface area contributed by atoms with E-state index in [0.717, 1.165) is 5.56 Å². The smallest absolute Gasteiger partial charge is 0.163 e. The van der Waals surface area contributed by atoms with Crippen molar-refractivity contribution in [3.8, 4) is 11.5 Å². The Hall–Kier alpha value is -1.53. The maximum Gasteiger partial charge on any atom is 0.163 e. The summed E-state index contributed by atoms with van der Waals surface area (Å²) in [5.74, 6) is 0.484. The zero-order valence-corrected chi connectivity index (χ0v) is 17.1. The molecule has 2 aromatic rings. The number of benzene rings is 2. The fraction of sp³-hybridized carbons (Fsp3) is 0.400. The van der Waals surface area contributed by atoms with Crippen molar-refractivity contribution in [1.29, 1.82) is 0 Å². The van der Waals surface area contributed by atoms with E-state index in [1.165, 1.54) is 6.07 Å². The Balaban J connectivity index is 2.22. The molecule has 0 amide bonds. The zero-order chi connectivity index (χ0) is 20.0. The molecule has 2 rings (SSSR count). The molecule has 0 unspecified atom stereocenters. The van der Waals surface area contributed by atoms with E-state index in [2.05, 4.69) is 5.32 Å². The van der Waals surface area contributed by atoms with Crippen LogP contribution < -0.4 is 14.8 Å². The van der Waals surface area contributed by atoms with Gasteiger partial charge >= 0.3 is 0 Å². The average molecular weight is 416 g/mol. The monoisotopic (exact) mass is 415 g/mol. The van der Waals surface area contributed by atoms with Gasteiger partial charge in [-0.15, -0.1) is 0 Å². The topological polar surface area (TPSA) is 50.7 Å². The first-order chi connectivity index (χ1) is 12.8. The van der Waals surface area contributed by atoms with Crippen LogP contribution in [0.1, 0.15) is 31.9 Å². The van der Waals surface area contributed by atoms with Gasteiger partial charge in [0.15, 0.2) is 11.5 Å². The summed E-state index contributed by atoms with van der Waals surface area (Å²) < 4.78 is 25.3. The molecule has 0 atom stereocenters. The summed E-state index contributed by atoms with van der Waals surface area (Å²) in [4.78, 5) is 0. The van der Waals surface area contributed by atoms with Gasteiger partial charge in [0.1, 0.15) is 12.4 Å². The van der Waals surface area contributed by atoms with Crippen molar-refractivity contribution in [2.45, 2.75) is 39.5 Å². The van der Waals surface area contributed by atoms with Crippen LogP contribution in [0.3, 0.4) is 0 Å². The molecule has 0 aromatic heterocycles. The first kappa shape index (κ1) is 21.8. The molecule has 0 aliphatic carbocycles. The highest BCUT2D eigenvalue weighted by atomic mass is 35.5. The Morgan fingerprint density at radius 3 is 2.44 bits per heavy atom. The van der Waals surface area contributed by atoms with E-state index in [1.807, 2.05) is 20.8 Å². The lowest BCUT2D eigenvalue weighted by molar-refractivity contribution is 0.187. The van der Waals surface area contributed by atoms with Gasteiger partial charge in [-0.05, 0) is 44.5 Å². The Labute approximate surface area is 169 Å². The lowest BCUT2D eigenvalue weighted by atomic mass is 10.1. The number of nitrogens with one attached hydrogen (secondary N) is 1. The second-order valence-corrected chi connectivity index (χ2v) is 7.52. The number of ether oxygens (including phenoxy) is 2. The minimum Gasteiger partial charge on any atom is -0.490 e. The Kier molecular flexibility index (Phi) is 7.74. The van der Waals surface area contributed by atoms with E-state index in [0.29, 0.717) is 34.7 Å². The summed E-state index contributed by atoms with van der Waals surface area (Å²) in [6.07, 6.45) is 0. The van der Waals surface area contributed by atoms with Crippen LogP contribution in [0.15, 0.2) is 30.3 Å². The number of hydrogen-bond acceptors (Lipinski definition) is 4. The summed E-state index contributed by atoms with van der Waals surface area (Å²) >= 11 is 12.4. The summed E-state index contributed by atoms with van der Waals surface area (Å²) in [6, 6.07) is 7.91. The van der Waals surface area contributed by atoms with Crippen LogP contribution in [0, 0.1) is 5.82 Å². The van der Waals surface area contributed by atoms with E-state index in [9.17, 15) is 9.50 Å². The Morgan fingerprint density at radius 1 is 1.11 bits per heavy atom. The molecule has 0 saturated carbocycles. The average Bonchev–Trinajstić information content (AvgIpc) is 2.62. The number of halogens is 3. The van der Waals surface area contributed by atoms with Crippen molar-refractivity contribution in [3.63, 3.8) is 0 Å². The Morgan fingerprint density at radius 2 is 1.81 bits per heavy atom. The zero-order valence-electron chi connectivity index (χ0n) is 15.6. The summed E-state index contributed by atoms with van der Waals surface area (Å²) in [5.41, 5.74) is 0.636. The number of aliphatic hydroxyl groups excluding tert-OH is 1. The first-order valence-corrected chi connectivity index (χ1v) is 9.39. The van der Waals surface area contributed by atoms with Crippen LogP contribution in [0.4, 0.5) is 4.39 Å². The molecule has 0 aliphatic rings. The van der Waals surface area contributed by atoms with E-state index >= 15 is 0 Å². The first-order valence-electron chi connectivity index (χ1n) is 8.64. The number of rotatable bonds is 9. The third-order valence-corrected chi connectivity index (χ3v) is 4.70. The molecule has 2 N–H and O–H groups in total. The maximum absolute atomic E-state index is 13.9. The van der Waals surface area contributed by atoms with E-state index in [1.54, 1.807) is 24.3 Å². The fourth-order valence-electron chi connectivity index (χ4n) is 2.30. The molecule has 0 saturated heterocycles. The second kappa shape index (κ2) is 9.60. The molecule has 2 aromatic carbocycles. The van der Waals surface area contributed by atoms with Crippen LogP contribution in [0.5, 0.6) is 11.5 Å². The third-order valence-electron chi connectivity index (χ3n) is 4.00. The van der Waals surface area contributed by atoms with Crippen molar-refractivity contribution < 1.29 is 19.0 Å². The minimum absolute atomic E-state index is 0.00642. The van der Waals surface area contributed by atoms with Gasteiger partial charge in [-0.2, -0.15) is 0 Å². The van der Waals surface area contributed by atoms with Crippen LogP contribution in [-0.4, -0.2) is 23.9 Å². The molecule has 148 valence electrons. The van der Waals surface area contributed by atoms with E-state index in [-0.39, 0.29) is 18.8 Å². The maximum atomic E-state index is 13.9. The van der Waals surface area contributed by atoms with Crippen LogP contribution in [-0.2, 0) is 13.2 Å². The van der Waals surface area contributed by atoms with Crippen molar-refractivity contribution in [2.75, 3.05) is 13.2 Å². The predicted molar refractivity (Wildman–Crippen MR) is 106 cm³/mol. The van der Waals surface area contributed by atoms with Crippen LogP contribution >= 0.6 is 23.2 Å². The standard InChI is InChI=1S/C20H24Cl2FNO3/c1-4-26-18-8-13(10-24-20(2,3)12-25)16(22)9-19(18)27-11-14-15(21)6-5-7-17(14)23/h5-9,24-25H,4,10-12H2,1-3H3. The van der Waals surface area contributed by atoms with Crippen molar-refractivity contribution in [3.05, 3.63) is 57.3 Å². The molecular formula is C20H24Cl2FNO3. The molecule has 0 heterocycles. The molecule has 0 radical (unpaired) electrons. The van der Waals surface area contributed by atoms with Gasteiger partial charge in [-0.3, -0.25) is 0 Å². The van der Waals surface area contributed by atoms with Crippen LogP contribution in [0.2, 0.25) is 10.0 Å². The molecule has 4 nitrogen and oxygen atoms in total. The number of hydrogen-bond donors (Lipinski definition) is 2. The van der Waals surface area contributed by atoms with Crippen molar-refractivity contribution >= 4 is 23.2 Å². The lowest BCUT2D eigenvalue weighted by Crippen LogP contribution is -2.42. The molecular weight excluding hydrogens is 392 g/mol. The fourth-order valence-corrected chi connectivity index (χ4v) is 2.74. The summed E-state index contributed by atoms with van der Waals surface area (Å²) in [5, 5.41) is 13.4. The largest absolute Gasteiger partial charge is 0.490 e. The summed E-state index contributed by atoms with van der Waals surface area (Å²) in [6.45, 7) is 6.48. The van der Waals surface area contributed by atoms with E-state index < -0.39 is 11.4 Å². The molecule has 0 fully saturated rings. The number of aliphatic hydroxyl groups is 1. The quantitative estimate of drug-likeness (QED) is 0.606. The molecule has 0 bridgehead atoms. The van der Waals surface area contributed by atoms with Gasteiger partial charge in [-0.25, -0.2) is 4.39 Å². The van der Waals surface area contributed by atoms with Gasteiger partial charge in [-0.1, -0.05) is 29.3 Å².